The molecule has 1 amide bonds. The van der Waals surface area contributed by atoms with Crippen molar-refractivity contribution in [1.82, 2.24) is 15.6 Å². The third-order valence-corrected chi connectivity index (χ3v) is 5.17. The second-order valence-corrected chi connectivity index (χ2v) is 7.05. The van der Waals surface area contributed by atoms with E-state index in [0.717, 1.165) is 16.6 Å². The standard InChI is InChI=1S/C15H18N4O3S2.ClH/c1-3-16-6-7-17-14(20)11-4-5-13(12(8-11)19(21)22)24-15-18-10(2)9-23-15;/h4-5,8-9,16H,3,6-7H2,1-2H3,(H,17,20);1H. The van der Waals surface area contributed by atoms with E-state index in [1.54, 1.807) is 12.1 Å². The summed E-state index contributed by atoms with van der Waals surface area (Å²) in [5.41, 5.74) is 1.06. The van der Waals surface area contributed by atoms with Crippen LogP contribution >= 0.6 is 35.5 Å². The monoisotopic (exact) mass is 402 g/mol. The Hall–Kier alpha value is -1.68. The van der Waals surface area contributed by atoms with Crippen LogP contribution in [0, 0.1) is 17.0 Å². The van der Waals surface area contributed by atoms with Gasteiger partial charge in [-0.2, -0.15) is 0 Å². The van der Waals surface area contributed by atoms with E-state index in [0.29, 0.717) is 18.0 Å². The lowest BCUT2D eigenvalue weighted by molar-refractivity contribution is -0.387. The first-order chi connectivity index (χ1) is 11.5. The lowest BCUT2D eigenvalue weighted by Gasteiger charge is -2.07. The fourth-order valence-electron chi connectivity index (χ4n) is 1.90. The van der Waals surface area contributed by atoms with Crippen LogP contribution in [0.4, 0.5) is 5.69 Å². The highest BCUT2D eigenvalue weighted by Crippen LogP contribution is 2.36. The van der Waals surface area contributed by atoms with Gasteiger partial charge in [0.15, 0.2) is 4.34 Å². The molecule has 0 saturated carbocycles. The summed E-state index contributed by atoms with van der Waals surface area (Å²) in [5.74, 6) is -0.322. The van der Waals surface area contributed by atoms with Gasteiger partial charge in [0.2, 0.25) is 0 Å². The molecular formula is C15H19ClN4O3S2. The van der Waals surface area contributed by atoms with Crippen LogP contribution in [0.25, 0.3) is 0 Å². The van der Waals surface area contributed by atoms with Crippen molar-refractivity contribution < 1.29 is 9.72 Å². The average Bonchev–Trinajstić information content (AvgIpc) is 2.96. The molecule has 10 heteroatoms. The Morgan fingerprint density at radius 1 is 1.40 bits per heavy atom. The first kappa shape index (κ1) is 21.4. The summed E-state index contributed by atoms with van der Waals surface area (Å²) in [6, 6.07) is 4.50. The van der Waals surface area contributed by atoms with Gasteiger partial charge >= 0.3 is 0 Å². The number of halogens is 1. The Morgan fingerprint density at radius 2 is 2.16 bits per heavy atom. The Kier molecular flexibility index (Phi) is 8.84. The van der Waals surface area contributed by atoms with Gasteiger partial charge in [0, 0.05) is 35.8 Å². The number of benzene rings is 1. The van der Waals surface area contributed by atoms with Gasteiger partial charge in [-0.15, -0.1) is 23.7 Å². The lowest BCUT2D eigenvalue weighted by atomic mass is 10.2. The number of nitro benzene ring substituents is 1. The van der Waals surface area contributed by atoms with E-state index in [9.17, 15) is 14.9 Å². The second kappa shape index (κ2) is 10.3. The number of rotatable bonds is 8. The maximum atomic E-state index is 12.1. The number of aromatic nitrogens is 1. The molecule has 0 aliphatic heterocycles. The summed E-state index contributed by atoms with van der Waals surface area (Å²) in [4.78, 5) is 27.7. The fraction of sp³-hybridized carbons (Fsp3) is 0.333. The number of nitrogens with zero attached hydrogens (tertiary/aromatic N) is 2. The summed E-state index contributed by atoms with van der Waals surface area (Å²) in [7, 11) is 0. The lowest BCUT2D eigenvalue weighted by Crippen LogP contribution is -2.31. The quantitative estimate of drug-likeness (QED) is 0.399. The molecule has 1 heterocycles. The Labute approximate surface area is 160 Å². The molecular weight excluding hydrogens is 384 g/mol. The highest BCUT2D eigenvalue weighted by molar-refractivity contribution is 8.01. The summed E-state index contributed by atoms with van der Waals surface area (Å²) >= 11 is 2.67. The van der Waals surface area contributed by atoms with Crippen molar-refractivity contribution in [1.29, 1.82) is 0 Å². The van der Waals surface area contributed by atoms with Crippen LogP contribution in [0.1, 0.15) is 23.0 Å². The molecule has 0 aliphatic carbocycles. The van der Waals surface area contributed by atoms with Crippen molar-refractivity contribution >= 4 is 47.1 Å². The first-order valence-electron chi connectivity index (χ1n) is 7.38. The number of carbonyl (C=O) groups is 1. The van der Waals surface area contributed by atoms with Gasteiger partial charge in [0.1, 0.15) is 0 Å². The molecule has 0 radical (unpaired) electrons. The largest absolute Gasteiger partial charge is 0.351 e. The summed E-state index contributed by atoms with van der Waals surface area (Å²) in [6.07, 6.45) is 0. The van der Waals surface area contributed by atoms with Crippen LogP contribution in [-0.4, -0.2) is 35.4 Å². The van der Waals surface area contributed by atoms with Crippen molar-refractivity contribution in [2.45, 2.75) is 23.1 Å². The van der Waals surface area contributed by atoms with Crippen molar-refractivity contribution in [2.75, 3.05) is 19.6 Å². The normalized spacial score (nSPS) is 10.2. The molecule has 0 bridgehead atoms. The molecule has 0 atom stereocenters. The molecule has 0 spiro atoms. The van der Waals surface area contributed by atoms with E-state index in [1.165, 1.54) is 29.2 Å². The number of nitro groups is 1. The highest BCUT2D eigenvalue weighted by Gasteiger charge is 2.19. The predicted octanol–water partition coefficient (Wildman–Crippen LogP) is 3.27. The smallest absolute Gasteiger partial charge is 0.284 e. The predicted molar refractivity (Wildman–Crippen MR) is 102 cm³/mol. The van der Waals surface area contributed by atoms with Gasteiger partial charge in [-0.3, -0.25) is 14.9 Å². The van der Waals surface area contributed by atoms with Gasteiger partial charge in [-0.25, -0.2) is 4.98 Å². The molecule has 0 aliphatic rings. The Balaban J connectivity index is 0.00000312. The van der Waals surface area contributed by atoms with Crippen molar-refractivity contribution in [3.8, 4) is 0 Å². The van der Waals surface area contributed by atoms with Gasteiger partial charge in [-0.1, -0.05) is 18.7 Å². The van der Waals surface area contributed by atoms with Crippen LogP contribution in [-0.2, 0) is 0 Å². The van der Waals surface area contributed by atoms with E-state index >= 15 is 0 Å². The van der Waals surface area contributed by atoms with E-state index < -0.39 is 4.92 Å². The summed E-state index contributed by atoms with van der Waals surface area (Å²) in [5, 5.41) is 19.0. The number of amides is 1. The van der Waals surface area contributed by atoms with Crippen LogP contribution in [0.3, 0.4) is 0 Å². The highest BCUT2D eigenvalue weighted by atomic mass is 35.5. The van der Waals surface area contributed by atoms with Crippen molar-refractivity contribution in [2.24, 2.45) is 0 Å². The number of aryl methyl sites for hydroxylation is 1. The molecule has 25 heavy (non-hydrogen) atoms. The number of likely N-dealkylation sites (N-methyl/N-ethyl adjacent to an activating group) is 1. The van der Waals surface area contributed by atoms with Gasteiger partial charge in [0.25, 0.3) is 11.6 Å². The number of hydrogen-bond acceptors (Lipinski definition) is 7. The van der Waals surface area contributed by atoms with Gasteiger partial charge in [-0.05, 0) is 25.6 Å². The minimum atomic E-state index is -0.474. The summed E-state index contributed by atoms with van der Waals surface area (Å²) < 4.78 is 0.735. The van der Waals surface area contributed by atoms with E-state index in [2.05, 4.69) is 15.6 Å². The molecule has 0 unspecified atom stereocenters. The van der Waals surface area contributed by atoms with Crippen molar-refractivity contribution in [3.63, 3.8) is 0 Å². The SMILES string of the molecule is CCNCCNC(=O)c1ccc(Sc2nc(C)cs2)c([N+](=O)[O-])c1.Cl. The number of carbonyl (C=O) groups excluding carboxylic acids is 1. The van der Waals surface area contributed by atoms with Gasteiger partial charge < -0.3 is 10.6 Å². The van der Waals surface area contributed by atoms with E-state index in [1.807, 2.05) is 19.2 Å². The van der Waals surface area contributed by atoms with Crippen LogP contribution in [0.2, 0.25) is 0 Å². The molecule has 1 aromatic heterocycles. The van der Waals surface area contributed by atoms with Crippen LogP contribution in [0.5, 0.6) is 0 Å². The van der Waals surface area contributed by atoms with Gasteiger partial charge in [0.05, 0.1) is 9.82 Å². The van der Waals surface area contributed by atoms with E-state index in [4.69, 9.17) is 0 Å². The fourth-order valence-corrected chi connectivity index (χ4v) is 3.78. The van der Waals surface area contributed by atoms with Crippen molar-refractivity contribution in [3.05, 3.63) is 45.0 Å². The second-order valence-electron chi connectivity index (χ2n) is 4.91. The maximum absolute atomic E-state index is 12.1. The molecule has 0 fully saturated rings. The molecule has 2 N–H and O–H groups in total. The maximum Gasteiger partial charge on any atom is 0.284 e. The zero-order valence-corrected chi connectivity index (χ0v) is 16.2. The number of hydrogen-bond donors (Lipinski definition) is 2. The summed E-state index contributed by atoms with van der Waals surface area (Å²) in [6.45, 7) is 5.79. The topological polar surface area (TPSA) is 97.2 Å². The third-order valence-electron chi connectivity index (χ3n) is 3.05. The number of thiazole rings is 1. The van der Waals surface area contributed by atoms with E-state index in [-0.39, 0.29) is 29.6 Å². The molecule has 2 rings (SSSR count). The third kappa shape index (κ3) is 6.28. The Bertz CT molecular complexity index is 739. The minimum absolute atomic E-state index is 0. The first-order valence-corrected chi connectivity index (χ1v) is 9.08. The average molecular weight is 403 g/mol. The molecule has 7 nitrogen and oxygen atoms in total. The zero-order valence-electron chi connectivity index (χ0n) is 13.8. The Morgan fingerprint density at radius 3 is 2.76 bits per heavy atom. The number of nitrogens with one attached hydrogen (secondary N) is 2. The molecule has 2 aromatic rings. The van der Waals surface area contributed by atoms with Crippen LogP contribution in [0.15, 0.2) is 32.8 Å². The minimum Gasteiger partial charge on any atom is -0.351 e. The molecule has 136 valence electrons. The zero-order chi connectivity index (χ0) is 17.5. The van der Waals surface area contributed by atoms with Crippen LogP contribution < -0.4 is 10.6 Å². The molecule has 0 saturated heterocycles. The molecule has 1 aromatic carbocycles.